The summed E-state index contributed by atoms with van der Waals surface area (Å²) in [7, 11) is 0. The Bertz CT molecular complexity index is 338. The van der Waals surface area contributed by atoms with Crippen LogP contribution in [0, 0.1) is 5.92 Å². The summed E-state index contributed by atoms with van der Waals surface area (Å²) in [5.41, 5.74) is 0. The minimum Gasteiger partial charge on any atom is -0.462 e. The molecule has 0 aromatic rings. The van der Waals surface area contributed by atoms with Crippen LogP contribution >= 0.6 is 12.2 Å². The average molecular weight is 236 g/mol. The van der Waals surface area contributed by atoms with E-state index in [9.17, 15) is 4.79 Å². The van der Waals surface area contributed by atoms with Crippen LogP contribution in [0.4, 0.5) is 0 Å². The second kappa shape index (κ2) is 5.39. The molecular weight excluding hydrogens is 220 g/mol. The summed E-state index contributed by atoms with van der Waals surface area (Å²) in [4.78, 5) is 12.5. The summed E-state index contributed by atoms with van der Waals surface area (Å²) >= 11 is 5.13. The Balaban J connectivity index is 1.89. The number of carbonyl (C=O) groups is 1. The van der Waals surface area contributed by atoms with Gasteiger partial charge in [0.15, 0.2) is 0 Å². The predicted octanol–water partition coefficient (Wildman–Crippen LogP) is 2.97. The van der Waals surface area contributed by atoms with Gasteiger partial charge in [-0.2, -0.15) is 0 Å². The van der Waals surface area contributed by atoms with Gasteiger partial charge in [-0.1, -0.05) is 36.9 Å². The molecule has 0 spiro atoms. The van der Waals surface area contributed by atoms with Gasteiger partial charge in [-0.3, -0.25) is 4.79 Å². The fourth-order valence-corrected chi connectivity index (χ4v) is 2.39. The van der Waals surface area contributed by atoms with Crippen molar-refractivity contribution in [2.45, 2.75) is 38.2 Å². The van der Waals surface area contributed by atoms with Gasteiger partial charge in [-0.05, 0) is 31.8 Å². The minimum atomic E-state index is -0.345. The lowest BCUT2D eigenvalue weighted by molar-refractivity contribution is -0.151. The van der Waals surface area contributed by atoms with Crippen molar-refractivity contribution in [3.05, 3.63) is 24.3 Å². The maximum Gasteiger partial charge on any atom is 0.318 e. The molecule has 2 nitrogen and oxygen atoms in total. The van der Waals surface area contributed by atoms with Crippen molar-refractivity contribution in [1.82, 2.24) is 0 Å². The third kappa shape index (κ3) is 2.79. The summed E-state index contributed by atoms with van der Waals surface area (Å²) < 4.78 is 5.49. The third-order valence-corrected chi connectivity index (χ3v) is 3.46. The summed E-state index contributed by atoms with van der Waals surface area (Å²) in [6.45, 7) is 0. The molecule has 0 radical (unpaired) electrons. The summed E-state index contributed by atoms with van der Waals surface area (Å²) in [5, 5.41) is 0. The molecule has 0 N–H and O–H groups in total. The van der Waals surface area contributed by atoms with Crippen molar-refractivity contribution in [2.24, 2.45) is 5.92 Å². The molecule has 0 aromatic carbocycles. The van der Waals surface area contributed by atoms with Crippen molar-refractivity contribution in [2.75, 3.05) is 0 Å². The van der Waals surface area contributed by atoms with Gasteiger partial charge in [0.1, 0.15) is 12.0 Å². The normalized spacial score (nSPS) is 25.8. The molecule has 2 aliphatic rings. The summed E-state index contributed by atoms with van der Waals surface area (Å²) in [6.07, 6.45) is 13.0. The lowest BCUT2D eigenvalue weighted by Crippen LogP contribution is -2.28. The van der Waals surface area contributed by atoms with Crippen molar-refractivity contribution in [1.29, 1.82) is 0 Å². The van der Waals surface area contributed by atoms with Gasteiger partial charge in [0.25, 0.3) is 0 Å². The second-order valence-corrected chi connectivity index (χ2v) is 4.79. The molecule has 1 unspecified atom stereocenters. The molecule has 3 heteroatoms. The second-order valence-electron chi connectivity index (χ2n) is 4.32. The Morgan fingerprint density at radius 2 is 2.00 bits per heavy atom. The Kier molecular flexibility index (Phi) is 3.88. The number of esters is 1. The summed E-state index contributed by atoms with van der Waals surface area (Å²) in [6, 6.07) is 0. The lowest BCUT2D eigenvalue weighted by atomic mass is 9.97. The third-order valence-electron chi connectivity index (χ3n) is 3.07. The quantitative estimate of drug-likeness (QED) is 0.544. The van der Waals surface area contributed by atoms with E-state index >= 15 is 0 Å². The van der Waals surface area contributed by atoms with Crippen LogP contribution in [0.25, 0.3) is 0 Å². The van der Waals surface area contributed by atoms with Gasteiger partial charge in [-0.25, -0.2) is 0 Å². The van der Waals surface area contributed by atoms with Gasteiger partial charge in [0.05, 0.1) is 0 Å². The van der Waals surface area contributed by atoms with Crippen molar-refractivity contribution < 1.29 is 9.53 Å². The van der Waals surface area contributed by atoms with E-state index in [1.54, 1.807) is 6.08 Å². The van der Waals surface area contributed by atoms with Gasteiger partial charge < -0.3 is 4.74 Å². The molecule has 2 rings (SSSR count). The highest BCUT2D eigenvalue weighted by molar-refractivity contribution is 7.80. The first kappa shape index (κ1) is 11.5. The number of hydrogen-bond acceptors (Lipinski definition) is 3. The zero-order valence-electron chi connectivity index (χ0n) is 9.22. The Labute approximate surface area is 101 Å². The van der Waals surface area contributed by atoms with Crippen LogP contribution < -0.4 is 0 Å². The number of thiocarbonyl (C=S) groups is 1. The molecule has 0 aromatic heterocycles. The molecule has 1 saturated carbocycles. The molecule has 0 amide bonds. The van der Waals surface area contributed by atoms with E-state index in [-0.39, 0.29) is 18.0 Å². The first-order valence-electron chi connectivity index (χ1n) is 5.86. The lowest BCUT2D eigenvalue weighted by Gasteiger charge is -2.24. The van der Waals surface area contributed by atoms with E-state index in [1.807, 2.05) is 18.2 Å². The van der Waals surface area contributed by atoms with Gasteiger partial charge in [0.2, 0.25) is 0 Å². The van der Waals surface area contributed by atoms with Crippen molar-refractivity contribution in [3.8, 4) is 0 Å². The Morgan fingerprint density at radius 1 is 1.25 bits per heavy atom. The monoisotopic (exact) mass is 236 g/mol. The predicted molar refractivity (Wildman–Crippen MR) is 67.3 cm³/mol. The zero-order valence-corrected chi connectivity index (χ0v) is 10.0. The van der Waals surface area contributed by atoms with Crippen LogP contribution in [-0.4, -0.2) is 16.9 Å². The first-order valence-corrected chi connectivity index (χ1v) is 6.27. The Morgan fingerprint density at radius 3 is 2.69 bits per heavy atom. The van der Waals surface area contributed by atoms with Crippen LogP contribution in [0.15, 0.2) is 24.3 Å². The van der Waals surface area contributed by atoms with Gasteiger partial charge in [-0.15, -0.1) is 0 Å². The molecular formula is C13H16O2S. The number of hydrogen-bond donors (Lipinski definition) is 0. The largest absolute Gasteiger partial charge is 0.462 e. The van der Waals surface area contributed by atoms with Crippen LogP contribution in [0.3, 0.4) is 0 Å². The van der Waals surface area contributed by atoms with E-state index in [1.165, 1.54) is 19.3 Å². The van der Waals surface area contributed by atoms with Gasteiger partial charge in [0, 0.05) is 4.86 Å². The molecule has 2 aliphatic carbocycles. The van der Waals surface area contributed by atoms with Crippen molar-refractivity contribution in [3.63, 3.8) is 0 Å². The minimum absolute atomic E-state index is 0.114. The number of ether oxygens (including phenoxy) is 1. The molecule has 0 saturated heterocycles. The highest BCUT2D eigenvalue weighted by Crippen LogP contribution is 2.22. The fourth-order valence-electron chi connectivity index (χ4n) is 2.14. The highest BCUT2D eigenvalue weighted by atomic mass is 32.1. The first-order chi connectivity index (χ1) is 7.77. The van der Waals surface area contributed by atoms with E-state index in [2.05, 4.69) is 0 Å². The van der Waals surface area contributed by atoms with Crippen LogP contribution in [0.5, 0.6) is 0 Å². The Hall–Kier alpha value is -0.960. The van der Waals surface area contributed by atoms with Crippen molar-refractivity contribution >= 4 is 23.1 Å². The van der Waals surface area contributed by atoms with Gasteiger partial charge >= 0.3 is 5.97 Å². The topological polar surface area (TPSA) is 26.3 Å². The van der Waals surface area contributed by atoms with Crippen LogP contribution in [0.1, 0.15) is 32.1 Å². The van der Waals surface area contributed by atoms with Crippen LogP contribution in [-0.2, 0) is 9.53 Å². The van der Waals surface area contributed by atoms with E-state index in [4.69, 9.17) is 17.0 Å². The standard InChI is InChI=1S/C13H16O2S/c14-13(11-8-4-5-9-12(11)16)15-10-6-2-1-3-7-10/h4-5,8-11H,1-3,6-7H2. The molecule has 86 valence electrons. The van der Waals surface area contributed by atoms with E-state index < -0.39 is 0 Å². The zero-order chi connectivity index (χ0) is 11.4. The number of rotatable bonds is 2. The molecule has 1 fully saturated rings. The maximum absolute atomic E-state index is 11.9. The molecule has 0 heterocycles. The maximum atomic E-state index is 11.9. The smallest absolute Gasteiger partial charge is 0.318 e. The van der Waals surface area contributed by atoms with E-state index in [0.717, 1.165) is 12.8 Å². The van der Waals surface area contributed by atoms with E-state index in [0.29, 0.717) is 4.86 Å². The molecule has 1 atom stereocenters. The number of allylic oxidation sites excluding steroid dienone is 3. The molecule has 0 bridgehead atoms. The molecule has 16 heavy (non-hydrogen) atoms. The SMILES string of the molecule is O=C(OC1CCCCC1)C1C=CC=CC1=S. The average Bonchev–Trinajstić information content (AvgIpc) is 2.31. The highest BCUT2D eigenvalue weighted by Gasteiger charge is 2.25. The summed E-state index contributed by atoms with van der Waals surface area (Å²) in [5.74, 6) is -0.528. The molecule has 0 aliphatic heterocycles. The fraction of sp³-hybridized carbons (Fsp3) is 0.538. The van der Waals surface area contributed by atoms with Crippen LogP contribution in [0.2, 0.25) is 0 Å². The number of carbonyl (C=O) groups excluding carboxylic acids is 1.